The molecular weight excluding hydrogens is 390 g/mol. The fourth-order valence-corrected chi connectivity index (χ4v) is 4.48. The standard InChI is InChI=1S/C24H33N5O2/c1-3-17(2)21(22(30)25-14-13-18-9-5-4-6-10-18)27-24(31)29-16-15-28-20-12-8-7-11-19(20)26-23(28)29/h7-9,11-12,17,21H,3-6,10,13-16H2,1-2H3,(H,25,30)(H,27,31)/t17?,21-/m0/s1. The second kappa shape index (κ2) is 9.54. The minimum atomic E-state index is -0.559. The van der Waals surface area contributed by atoms with Crippen molar-refractivity contribution in [3.05, 3.63) is 35.9 Å². The third-order valence-corrected chi connectivity index (χ3v) is 6.57. The second-order valence-electron chi connectivity index (χ2n) is 8.67. The number of urea groups is 1. The molecule has 0 saturated heterocycles. The molecular formula is C24H33N5O2. The van der Waals surface area contributed by atoms with E-state index in [1.165, 1.54) is 18.4 Å². The first-order valence-corrected chi connectivity index (χ1v) is 11.6. The third-order valence-electron chi connectivity index (χ3n) is 6.57. The van der Waals surface area contributed by atoms with E-state index >= 15 is 0 Å². The highest BCUT2D eigenvalue weighted by atomic mass is 16.2. The lowest BCUT2D eigenvalue weighted by Crippen LogP contribution is -2.54. The average Bonchev–Trinajstić information content (AvgIpc) is 3.37. The van der Waals surface area contributed by atoms with E-state index < -0.39 is 6.04 Å². The molecule has 7 nitrogen and oxygen atoms in total. The van der Waals surface area contributed by atoms with E-state index in [9.17, 15) is 9.59 Å². The first kappa shape index (κ1) is 21.4. The van der Waals surface area contributed by atoms with Crippen molar-refractivity contribution in [2.45, 2.75) is 65.0 Å². The van der Waals surface area contributed by atoms with Crippen LogP contribution < -0.4 is 15.5 Å². The van der Waals surface area contributed by atoms with Gasteiger partial charge in [0.05, 0.1) is 11.0 Å². The Morgan fingerprint density at radius 2 is 2.03 bits per heavy atom. The van der Waals surface area contributed by atoms with Crippen LogP contribution in [-0.2, 0) is 11.3 Å². The first-order valence-electron chi connectivity index (χ1n) is 11.6. The maximum absolute atomic E-state index is 13.1. The number of hydrogen-bond donors (Lipinski definition) is 2. The maximum Gasteiger partial charge on any atom is 0.324 e. The summed E-state index contributed by atoms with van der Waals surface area (Å²) in [6, 6.07) is 7.08. The maximum atomic E-state index is 13.1. The van der Waals surface area contributed by atoms with Crippen LogP contribution in [0.15, 0.2) is 35.9 Å². The van der Waals surface area contributed by atoms with Crippen molar-refractivity contribution in [2.24, 2.45) is 5.92 Å². The third kappa shape index (κ3) is 4.60. The molecule has 0 radical (unpaired) electrons. The van der Waals surface area contributed by atoms with Gasteiger partial charge in [-0.1, -0.05) is 44.1 Å². The van der Waals surface area contributed by atoms with Crippen LogP contribution in [0.5, 0.6) is 0 Å². The van der Waals surface area contributed by atoms with Gasteiger partial charge in [0.15, 0.2) is 0 Å². The van der Waals surface area contributed by atoms with Crippen LogP contribution in [0, 0.1) is 5.92 Å². The summed E-state index contributed by atoms with van der Waals surface area (Å²) in [5.41, 5.74) is 3.34. The Morgan fingerprint density at radius 3 is 2.81 bits per heavy atom. The Bertz CT molecular complexity index is 980. The predicted octanol–water partition coefficient (Wildman–Crippen LogP) is 3.99. The molecule has 4 rings (SSSR count). The highest BCUT2D eigenvalue weighted by Crippen LogP contribution is 2.27. The number of benzene rings is 1. The predicted molar refractivity (Wildman–Crippen MR) is 123 cm³/mol. The molecule has 7 heteroatoms. The van der Waals surface area contributed by atoms with E-state index in [-0.39, 0.29) is 17.9 Å². The van der Waals surface area contributed by atoms with Crippen molar-refractivity contribution in [1.29, 1.82) is 0 Å². The van der Waals surface area contributed by atoms with Crippen molar-refractivity contribution in [2.75, 3.05) is 18.0 Å². The van der Waals surface area contributed by atoms with Gasteiger partial charge < -0.3 is 15.2 Å². The van der Waals surface area contributed by atoms with E-state index in [2.05, 4.69) is 26.3 Å². The van der Waals surface area contributed by atoms with Gasteiger partial charge >= 0.3 is 6.03 Å². The van der Waals surface area contributed by atoms with E-state index in [4.69, 9.17) is 0 Å². The van der Waals surface area contributed by atoms with E-state index in [1.54, 1.807) is 4.90 Å². The number of nitrogens with one attached hydrogen (secondary N) is 2. The quantitative estimate of drug-likeness (QED) is 0.661. The number of para-hydroxylation sites is 2. The number of amides is 3. The topological polar surface area (TPSA) is 79.3 Å². The highest BCUT2D eigenvalue weighted by molar-refractivity contribution is 5.96. The summed E-state index contributed by atoms with van der Waals surface area (Å²) in [7, 11) is 0. The lowest BCUT2D eigenvalue weighted by Gasteiger charge is -2.26. The summed E-state index contributed by atoms with van der Waals surface area (Å²) in [6.45, 7) is 5.93. The van der Waals surface area contributed by atoms with Gasteiger partial charge in [-0.05, 0) is 50.2 Å². The van der Waals surface area contributed by atoms with Crippen LogP contribution in [-0.4, -0.2) is 40.6 Å². The molecule has 0 bridgehead atoms. The van der Waals surface area contributed by atoms with Gasteiger partial charge in [-0.15, -0.1) is 0 Å². The zero-order valence-corrected chi connectivity index (χ0v) is 18.6. The number of hydrogen-bond acceptors (Lipinski definition) is 3. The zero-order valence-electron chi connectivity index (χ0n) is 18.6. The average molecular weight is 424 g/mol. The normalized spacial score (nSPS) is 17.7. The summed E-state index contributed by atoms with van der Waals surface area (Å²) in [6.07, 6.45) is 8.80. The van der Waals surface area contributed by atoms with Gasteiger partial charge in [-0.3, -0.25) is 9.69 Å². The number of rotatable bonds is 7. The molecule has 2 atom stereocenters. The fraction of sp³-hybridized carbons (Fsp3) is 0.542. The van der Waals surface area contributed by atoms with Crippen molar-refractivity contribution in [3.8, 4) is 0 Å². The van der Waals surface area contributed by atoms with Crippen LogP contribution in [0.3, 0.4) is 0 Å². The first-order chi connectivity index (χ1) is 15.1. The number of nitrogens with zero attached hydrogens (tertiary/aromatic N) is 3. The number of anilines is 1. The molecule has 3 amide bonds. The lowest BCUT2D eigenvalue weighted by molar-refractivity contribution is -0.124. The minimum absolute atomic E-state index is 0.0410. The van der Waals surface area contributed by atoms with E-state index in [1.807, 2.05) is 38.1 Å². The molecule has 2 aromatic rings. The summed E-state index contributed by atoms with van der Waals surface area (Å²) >= 11 is 0. The molecule has 1 aliphatic carbocycles. The summed E-state index contributed by atoms with van der Waals surface area (Å²) < 4.78 is 2.06. The summed E-state index contributed by atoms with van der Waals surface area (Å²) in [4.78, 5) is 32.3. The molecule has 1 aromatic heterocycles. The fourth-order valence-electron chi connectivity index (χ4n) is 4.48. The Kier molecular flexibility index (Phi) is 6.59. The number of carbonyl (C=O) groups excluding carboxylic acids is 2. The number of aromatic nitrogens is 2. The molecule has 0 saturated carbocycles. The van der Waals surface area contributed by atoms with Gasteiger partial charge in [0.2, 0.25) is 11.9 Å². The summed E-state index contributed by atoms with van der Waals surface area (Å²) in [5.74, 6) is 0.581. The molecule has 1 unspecified atom stereocenters. The number of imidazole rings is 1. The van der Waals surface area contributed by atoms with Crippen LogP contribution >= 0.6 is 0 Å². The molecule has 2 aliphatic rings. The molecule has 1 aromatic carbocycles. The monoisotopic (exact) mass is 423 g/mol. The van der Waals surface area contributed by atoms with Gasteiger partial charge in [0.25, 0.3) is 0 Å². The van der Waals surface area contributed by atoms with Crippen LogP contribution in [0.2, 0.25) is 0 Å². The van der Waals surface area contributed by atoms with Crippen molar-refractivity contribution >= 4 is 28.9 Å². The highest BCUT2D eigenvalue weighted by Gasteiger charge is 2.32. The largest absolute Gasteiger partial charge is 0.354 e. The molecule has 1 aliphatic heterocycles. The van der Waals surface area contributed by atoms with Gasteiger partial charge in [-0.25, -0.2) is 9.78 Å². The van der Waals surface area contributed by atoms with Crippen molar-refractivity contribution < 1.29 is 9.59 Å². The SMILES string of the molecule is CCC(C)[C@H](NC(=O)N1CCn2c1nc1ccccc12)C(=O)NCCC1=CCCCC1. The lowest BCUT2D eigenvalue weighted by atomic mass is 9.96. The van der Waals surface area contributed by atoms with Crippen LogP contribution in [0.1, 0.15) is 52.4 Å². The van der Waals surface area contributed by atoms with Crippen molar-refractivity contribution in [1.82, 2.24) is 20.2 Å². The van der Waals surface area contributed by atoms with E-state index in [0.29, 0.717) is 25.6 Å². The Hall–Kier alpha value is -2.83. The molecule has 0 spiro atoms. The number of allylic oxidation sites excluding steroid dienone is 1. The zero-order chi connectivity index (χ0) is 21.8. The Labute approximate surface area is 183 Å². The molecule has 31 heavy (non-hydrogen) atoms. The van der Waals surface area contributed by atoms with Gasteiger partial charge in [0.1, 0.15) is 6.04 Å². The second-order valence-corrected chi connectivity index (χ2v) is 8.67. The van der Waals surface area contributed by atoms with Gasteiger partial charge in [0, 0.05) is 19.6 Å². The number of fused-ring (bicyclic) bond motifs is 3. The molecule has 2 N–H and O–H groups in total. The smallest absolute Gasteiger partial charge is 0.324 e. The molecule has 2 heterocycles. The minimum Gasteiger partial charge on any atom is -0.354 e. The Balaban J connectivity index is 1.40. The van der Waals surface area contributed by atoms with Crippen LogP contribution in [0.4, 0.5) is 10.7 Å². The van der Waals surface area contributed by atoms with Gasteiger partial charge in [-0.2, -0.15) is 0 Å². The summed E-state index contributed by atoms with van der Waals surface area (Å²) in [5, 5.41) is 6.04. The van der Waals surface area contributed by atoms with E-state index in [0.717, 1.165) is 36.7 Å². The van der Waals surface area contributed by atoms with Crippen molar-refractivity contribution in [3.63, 3.8) is 0 Å². The Morgan fingerprint density at radius 1 is 1.19 bits per heavy atom. The van der Waals surface area contributed by atoms with Crippen LogP contribution in [0.25, 0.3) is 11.0 Å². The molecule has 166 valence electrons. The number of carbonyl (C=O) groups is 2. The molecule has 0 fully saturated rings.